The number of imide groups is 1. The van der Waals surface area contributed by atoms with Gasteiger partial charge in [0, 0.05) is 25.8 Å². The first-order valence-electron chi connectivity index (χ1n) is 5.42. The third-order valence-electron chi connectivity index (χ3n) is 2.69. The van der Waals surface area contributed by atoms with Crippen LogP contribution in [0, 0.1) is 0 Å². The fourth-order valence-electron chi connectivity index (χ4n) is 1.82. The first-order chi connectivity index (χ1) is 8.08. The van der Waals surface area contributed by atoms with E-state index in [0.29, 0.717) is 24.4 Å². The van der Waals surface area contributed by atoms with E-state index < -0.39 is 17.8 Å². The summed E-state index contributed by atoms with van der Waals surface area (Å²) in [5.41, 5.74) is 0. The first kappa shape index (κ1) is 11.6. The Morgan fingerprint density at radius 1 is 1.06 bits per heavy atom. The Hall–Kier alpha value is -1.92. The minimum absolute atomic E-state index is 0.0642. The van der Waals surface area contributed by atoms with Gasteiger partial charge in [0.25, 0.3) is 11.8 Å². The van der Waals surface area contributed by atoms with Crippen LogP contribution < -0.4 is 0 Å². The Bertz CT molecular complexity index is 376. The Balaban J connectivity index is 1.87. The summed E-state index contributed by atoms with van der Waals surface area (Å²) in [5, 5.41) is 0.489. The normalized spacial score (nSPS) is 20.4. The van der Waals surface area contributed by atoms with Crippen molar-refractivity contribution in [3.63, 3.8) is 0 Å². The molecule has 0 unspecified atom stereocenters. The molecule has 0 N–H and O–H groups in total. The lowest BCUT2D eigenvalue weighted by atomic mass is 10.4. The molecule has 2 heterocycles. The van der Waals surface area contributed by atoms with Gasteiger partial charge in [-0.2, -0.15) is 0 Å². The number of nitrogens with zero attached hydrogens (tertiary/aromatic N) is 2. The summed E-state index contributed by atoms with van der Waals surface area (Å²) in [4.78, 5) is 51.0. The molecule has 2 fully saturated rings. The summed E-state index contributed by atoms with van der Waals surface area (Å²) in [6.07, 6.45) is 1.27. The van der Waals surface area contributed by atoms with Gasteiger partial charge < -0.3 is 9.74 Å². The summed E-state index contributed by atoms with van der Waals surface area (Å²) in [5.74, 6) is -1.91. The van der Waals surface area contributed by atoms with Gasteiger partial charge in [0.05, 0.1) is 0 Å². The Labute approximate surface area is 97.2 Å². The smallest absolute Gasteiger partial charge is 0.331 e. The highest BCUT2D eigenvalue weighted by Crippen LogP contribution is 2.13. The van der Waals surface area contributed by atoms with E-state index in [-0.39, 0.29) is 25.3 Å². The second-order valence-electron chi connectivity index (χ2n) is 3.96. The van der Waals surface area contributed by atoms with Crippen LogP contribution in [0.25, 0.3) is 0 Å². The number of carbonyl (C=O) groups excluding carboxylic acids is 4. The molecular weight excluding hydrogens is 228 g/mol. The van der Waals surface area contributed by atoms with Crippen LogP contribution in [0.1, 0.15) is 25.7 Å². The van der Waals surface area contributed by atoms with Crippen LogP contribution in [0.4, 0.5) is 0 Å². The van der Waals surface area contributed by atoms with Crippen molar-refractivity contribution in [1.82, 2.24) is 9.96 Å². The van der Waals surface area contributed by atoms with Crippen LogP contribution >= 0.6 is 0 Å². The lowest BCUT2D eigenvalue weighted by molar-refractivity contribution is -0.198. The molecule has 2 saturated heterocycles. The molecule has 0 spiro atoms. The van der Waals surface area contributed by atoms with Gasteiger partial charge in [-0.25, -0.2) is 4.79 Å². The molecule has 7 nitrogen and oxygen atoms in total. The lowest BCUT2D eigenvalue weighted by Crippen LogP contribution is -2.38. The Morgan fingerprint density at radius 3 is 2.24 bits per heavy atom. The zero-order chi connectivity index (χ0) is 12.4. The monoisotopic (exact) mass is 240 g/mol. The van der Waals surface area contributed by atoms with Crippen LogP contribution in [-0.2, 0) is 24.0 Å². The third-order valence-corrected chi connectivity index (χ3v) is 2.69. The summed E-state index contributed by atoms with van der Waals surface area (Å²) >= 11 is 0. The predicted octanol–water partition coefficient (Wildman–Crippen LogP) is -0.784. The standard InChI is InChI=1S/C10H12N2O5/c13-7-2-1-5-11(7)6-10(16)17-12-8(14)3-4-9(12)15/h1-6H2. The highest BCUT2D eigenvalue weighted by molar-refractivity contribution is 6.01. The van der Waals surface area contributed by atoms with Gasteiger partial charge in [-0.15, -0.1) is 5.06 Å². The highest BCUT2D eigenvalue weighted by atomic mass is 16.7. The number of hydroxylamine groups is 2. The molecule has 0 bridgehead atoms. The minimum Gasteiger partial charge on any atom is -0.331 e. The van der Waals surface area contributed by atoms with Gasteiger partial charge in [0.2, 0.25) is 5.91 Å². The van der Waals surface area contributed by atoms with Gasteiger partial charge in [0.15, 0.2) is 0 Å². The van der Waals surface area contributed by atoms with Gasteiger partial charge in [0.1, 0.15) is 6.54 Å². The maximum absolute atomic E-state index is 11.4. The zero-order valence-corrected chi connectivity index (χ0v) is 9.18. The van der Waals surface area contributed by atoms with E-state index >= 15 is 0 Å². The largest absolute Gasteiger partial charge is 0.352 e. The zero-order valence-electron chi connectivity index (χ0n) is 9.18. The molecule has 0 atom stereocenters. The van der Waals surface area contributed by atoms with Gasteiger partial charge in [-0.1, -0.05) is 0 Å². The van der Waals surface area contributed by atoms with Gasteiger partial charge >= 0.3 is 5.97 Å². The van der Waals surface area contributed by atoms with Crippen LogP contribution in [0.5, 0.6) is 0 Å². The van der Waals surface area contributed by atoms with Crippen LogP contribution in [0.2, 0.25) is 0 Å². The minimum atomic E-state index is -0.760. The van der Waals surface area contributed by atoms with Crippen molar-refractivity contribution in [2.24, 2.45) is 0 Å². The van der Waals surface area contributed by atoms with Crippen molar-refractivity contribution in [3.8, 4) is 0 Å². The number of carbonyl (C=O) groups is 4. The molecule has 0 aromatic heterocycles. The molecule has 17 heavy (non-hydrogen) atoms. The number of hydrogen-bond donors (Lipinski definition) is 0. The molecule has 0 aliphatic carbocycles. The van der Waals surface area contributed by atoms with E-state index in [1.807, 2.05) is 0 Å². The number of likely N-dealkylation sites (tertiary alicyclic amines) is 1. The lowest BCUT2D eigenvalue weighted by Gasteiger charge is -2.17. The van der Waals surface area contributed by atoms with Crippen LogP contribution in [0.15, 0.2) is 0 Å². The Morgan fingerprint density at radius 2 is 1.71 bits per heavy atom. The van der Waals surface area contributed by atoms with E-state index in [1.54, 1.807) is 0 Å². The molecule has 0 aromatic carbocycles. The maximum Gasteiger partial charge on any atom is 0.352 e. The van der Waals surface area contributed by atoms with E-state index in [2.05, 4.69) is 4.84 Å². The average Bonchev–Trinajstić information content (AvgIpc) is 2.80. The Kier molecular flexibility index (Phi) is 3.08. The molecule has 3 amide bonds. The van der Waals surface area contributed by atoms with Crippen molar-refractivity contribution < 1.29 is 24.0 Å². The highest BCUT2D eigenvalue weighted by Gasteiger charge is 2.33. The summed E-state index contributed by atoms with van der Waals surface area (Å²) in [6.45, 7) is 0.297. The SMILES string of the molecule is O=C(CN1CCCC1=O)ON1C(=O)CCC1=O. The van der Waals surface area contributed by atoms with Gasteiger partial charge in [-0.05, 0) is 6.42 Å². The molecule has 0 aromatic rings. The fourth-order valence-corrected chi connectivity index (χ4v) is 1.82. The van der Waals surface area contributed by atoms with Crippen LogP contribution in [0.3, 0.4) is 0 Å². The predicted molar refractivity (Wildman–Crippen MR) is 53.0 cm³/mol. The molecule has 2 rings (SSSR count). The summed E-state index contributed by atoms with van der Waals surface area (Å²) in [7, 11) is 0. The van der Waals surface area contributed by atoms with E-state index in [0.717, 1.165) is 0 Å². The van der Waals surface area contributed by atoms with E-state index in [9.17, 15) is 19.2 Å². The molecule has 92 valence electrons. The second-order valence-corrected chi connectivity index (χ2v) is 3.96. The van der Waals surface area contributed by atoms with E-state index in [1.165, 1.54) is 4.90 Å². The van der Waals surface area contributed by atoms with Crippen molar-refractivity contribution in [2.45, 2.75) is 25.7 Å². The number of amides is 3. The molecule has 2 aliphatic heterocycles. The van der Waals surface area contributed by atoms with Crippen LogP contribution in [-0.4, -0.2) is 46.7 Å². The maximum atomic E-state index is 11.4. The molecule has 0 radical (unpaired) electrons. The number of rotatable bonds is 3. The van der Waals surface area contributed by atoms with Crippen molar-refractivity contribution in [2.75, 3.05) is 13.1 Å². The average molecular weight is 240 g/mol. The summed E-state index contributed by atoms with van der Waals surface area (Å²) in [6, 6.07) is 0. The first-order valence-corrected chi connectivity index (χ1v) is 5.42. The topological polar surface area (TPSA) is 84.0 Å². The quantitative estimate of drug-likeness (QED) is 0.604. The van der Waals surface area contributed by atoms with Gasteiger partial charge in [-0.3, -0.25) is 14.4 Å². The molecule has 0 saturated carbocycles. The van der Waals surface area contributed by atoms with E-state index in [4.69, 9.17) is 0 Å². The van der Waals surface area contributed by atoms with Crippen molar-refractivity contribution in [1.29, 1.82) is 0 Å². The molecular formula is C10H12N2O5. The number of hydrogen-bond acceptors (Lipinski definition) is 5. The van der Waals surface area contributed by atoms with Crippen molar-refractivity contribution >= 4 is 23.7 Å². The fraction of sp³-hybridized carbons (Fsp3) is 0.600. The third kappa shape index (κ3) is 2.43. The van der Waals surface area contributed by atoms with Crippen molar-refractivity contribution in [3.05, 3.63) is 0 Å². The molecule has 2 aliphatic rings. The second kappa shape index (κ2) is 4.52. The molecule has 7 heteroatoms. The summed E-state index contributed by atoms with van der Waals surface area (Å²) < 4.78 is 0.